The van der Waals surface area contributed by atoms with Gasteiger partial charge in [-0.1, -0.05) is 35.9 Å². The molecule has 2 heterocycles. The molecule has 0 aromatic heterocycles. The average Bonchev–Trinajstić information content (AvgIpc) is 3.32. The minimum Gasteiger partial charge on any atom is -0.273 e. The first-order chi connectivity index (χ1) is 15.5. The van der Waals surface area contributed by atoms with E-state index in [2.05, 4.69) is 5.10 Å². The number of nitro groups is 1. The number of carbonyl (C=O) groups excluding carboxylic acids is 2. The number of non-ortho nitro benzene ring substituents is 1. The van der Waals surface area contributed by atoms with Crippen LogP contribution in [-0.4, -0.2) is 28.5 Å². The molecule has 5 rings (SSSR count). The Hall–Kier alpha value is -4.33. The molecule has 0 unspecified atom stereocenters. The lowest BCUT2D eigenvalue weighted by molar-refractivity contribution is -0.384. The minimum absolute atomic E-state index is 0.0566. The van der Waals surface area contributed by atoms with Crippen LogP contribution in [-0.2, 0) is 9.59 Å². The van der Waals surface area contributed by atoms with Crippen LogP contribution >= 0.6 is 0 Å². The van der Waals surface area contributed by atoms with E-state index in [9.17, 15) is 19.7 Å². The van der Waals surface area contributed by atoms with E-state index >= 15 is 0 Å². The Morgan fingerprint density at radius 3 is 2.12 bits per heavy atom. The SMILES string of the molecule is Cc1ccc(N2C(=O)[C@@H]3C(c4ccc([N+](=O)[O-])cc4)=NN(c4ccccc4)[C@@H]3C2=O)cc1. The van der Waals surface area contributed by atoms with Crippen molar-refractivity contribution < 1.29 is 14.5 Å². The largest absolute Gasteiger partial charge is 0.273 e. The molecule has 0 spiro atoms. The van der Waals surface area contributed by atoms with E-state index in [0.29, 0.717) is 22.6 Å². The van der Waals surface area contributed by atoms with E-state index in [0.717, 1.165) is 5.56 Å². The van der Waals surface area contributed by atoms with Crippen molar-refractivity contribution in [3.8, 4) is 0 Å². The van der Waals surface area contributed by atoms with Crippen molar-refractivity contribution in [3.05, 3.63) is 100 Å². The van der Waals surface area contributed by atoms with Gasteiger partial charge in [0.25, 0.3) is 11.6 Å². The Morgan fingerprint density at radius 1 is 0.844 bits per heavy atom. The Bertz CT molecular complexity index is 1250. The van der Waals surface area contributed by atoms with E-state index in [-0.39, 0.29) is 17.5 Å². The van der Waals surface area contributed by atoms with Gasteiger partial charge in [-0.2, -0.15) is 5.10 Å². The normalized spacial score (nSPS) is 19.8. The number of amides is 2. The predicted molar refractivity (Wildman–Crippen MR) is 120 cm³/mol. The predicted octanol–water partition coefficient (Wildman–Crippen LogP) is 3.69. The van der Waals surface area contributed by atoms with Crippen LogP contribution in [0.1, 0.15) is 11.1 Å². The number of anilines is 2. The summed E-state index contributed by atoms with van der Waals surface area (Å²) in [6.07, 6.45) is 0. The second-order valence-electron chi connectivity index (χ2n) is 7.74. The third kappa shape index (κ3) is 3.04. The molecule has 8 nitrogen and oxygen atoms in total. The van der Waals surface area contributed by atoms with Crippen LogP contribution in [0.25, 0.3) is 0 Å². The first-order valence-corrected chi connectivity index (χ1v) is 10.1. The molecule has 0 saturated carbocycles. The highest BCUT2D eigenvalue weighted by molar-refractivity contribution is 6.34. The van der Waals surface area contributed by atoms with Crippen molar-refractivity contribution in [3.63, 3.8) is 0 Å². The summed E-state index contributed by atoms with van der Waals surface area (Å²) in [5.74, 6) is -1.53. The standard InChI is InChI=1S/C24H18N4O4/c1-15-7-11-17(12-8-15)26-23(29)20-21(16-9-13-19(14-10-16)28(31)32)25-27(22(20)24(26)30)18-5-3-2-4-6-18/h2-14,20,22H,1H3/t20-,22+/m1/s1. The third-order valence-electron chi connectivity index (χ3n) is 5.74. The molecule has 2 aliphatic heterocycles. The summed E-state index contributed by atoms with van der Waals surface area (Å²) in [7, 11) is 0. The van der Waals surface area contributed by atoms with Crippen molar-refractivity contribution in [2.45, 2.75) is 13.0 Å². The van der Waals surface area contributed by atoms with Gasteiger partial charge >= 0.3 is 0 Å². The number of hydrogen-bond donors (Lipinski definition) is 0. The van der Waals surface area contributed by atoms with Crippen LogP contribution in [0.15, 0.2) is 84.0 Å². The molecule has 1 fully saturated rings. The van der Waals surface area contributed by atoms with Crippen LogP contribution in [0, 0.1) is 23.0 Å². The monoisotopic (exact) mass is 426 g/mol. The van der Waals surface area contributed by atoms with Crippen LogP contribution in [0.2, 0.25) is 0 Å². The van der Waals surface area contributed by atoms with E-state index in [1.165, 1.54) is 17.0 Å². The zero-order valence-electron chi connectivity index (χ0n) is 17.1. The molecule has 8 heteroatoms. The highest BCUT2D eigenvalue weighted by Gasteiger charge is 2.57. The Balaban J connectivity index is 1.61. The average molecular weight is 426 g/mol. The number of benzene rings is 3. The number of rotatable bonds is 4. The first-order valence-electron chi connectivity index (χ1n) is 10.1. The van der Waals surface area contributed by atoms with Gasteiger partial charge in [0.2, 0.25) is 5.91 Å². The molecule has 32 heavy (non-hydrogen) atoms. The van der Waals surface area contributed by atoms with Gasteiger partial charge in [0.15, 0.2) is 0 Å². The Morgan fingerprint density at radius 2 is 1.50 bits per heavy atom. The molecule has 0 bridgehead atoms. The maximum Gasteiger partial charge on any atom is 0.269 e. The van der Waals surface area contributed by atoms with E-state index in [1.54, 1.807) is 29.3 Å². The van der Waals surface area contributed by atoms with Crippen LogP contribution < -0.4 is 9.91 Å². The highest BCUT2D eigenvalue weighted by atomic mass is 16.6. The molecule has 2 aliphatic rings. The summed E-state index contributed by atoms with van der Waals surface area (Å²) in [6.45, 7) is 1.93. The lowest BCUT2D eigenvalue weighted by Crippen LogP contribution is -2.39. The number of nitro benzene ring substituents is 1. The zero-order chi connectivity index (χ0) is 22.4. The number of carbonyl (C=O) groups is 2. The summed E-state index contributed by atoms with van der Waals surface area (Å²) in [5, 5.41) is 17.3. The van der Waals surface area contributed by atoms with Gasteiger partial charge in [0.1, 0.15) is 12.0 Å². The molecular formula is C24H18N4O4. The van der Waals surface area contributed by atoms with Crippen molar-refractivity contribution >= 4 is 34.6 Å². The second kappa shape index (κ2) is 7.42. The third-order valence-corrected chi connectivity index (χ3v) is 5.74. The fourth-order valence-electron chi connectivity index (χ4n) is 4.15. The number of imide groups is 1. The smallest absolute Gasteiger partial charge is 0.269 e. The topological polar surface area (TPSA) is 96.1 Å². The molecule has 0 N–H and O–H groups in total. The fraction of sp³-hybridized carbons (Fsp3) is 0.125. The van der Waals surface area contributed by atoms with Gasteiger partial charge in [-0.3, -0.25) is 24.7 Å². The summed E-state index contributed by atoms with van der Waals surface area (Å²) in [6, 6.07) is 21.4. The van der Waals surface area contributed by atoms with Crippen molar-refractivity contribution in [2.24, 2.45) is 11.0 Å². The van der Waals surface area contributed by atoms with E-state index in [1.807, 2.05) is 49.4 Å². The molecule has 2 atom stereocenters. The lowest BCUT2D eigenvalue weighted by Gasteiger charge is -2.22. The molecule has 0 aliphatic carbocycles. The minimum atomic E-state index is -0.823. The number of fused-ring (bicyclic) bond motifs is 1. The molecule has 2 amide bonds. The maximum atomic E-state index is 13.5. The van der Waals surface area contributed by atoms with Crippen LogP contribution in [0.4, 0.5) is 17.1 Å². The molecular weight excluding hydrogens is 408 g/mol. The number of aryl methyl sites for hydroxylation is 1. The van der Waals surface area contributed by atoms with Crippen molar-refractivity contribution in [1.82, 2.24) is 0 Å². The number of para-hydroxylation sites is 1. The highest BCUT2D eigenvalue weighted by Crippen LogP contribution is 2.39. The molecule has 1 saturated heterocycles. The molecule has 3 aromatic carbocycles. The van der Waals surface area contributed by atoms with Gasteiger partial charge in [-0.15, -0.1) is 0 Å². The number of hydrazone groups is 1. The summed E-state index contributed by atoms with van der Waals surface area (Å²) in [4.78, 5) is 38.8. The number of nitrogens with zero attached hydrogens (tertiary/aromatic N) is 4. The second-order valence-corrected chi connectivity index (χ2v) is 7.74. The summed E-state index contributed by atoms with van der Waals surface area (Å²) >= 11 is 0. The van der Waals surface area contributed by atoms with Gasteiger partial charge in [-0.05, 0) is 48.9 Å². The van der Waals surface area contributed by atoms with E-state index in [4.69, 9.17) is 0 Å². The summed E-state index contributed by atoms with van der Waals surface area (Å²) in [5.41, 5.74) is 3.14. The van der Waals surface area contributed by atoms with Crippen LogP contribution in [0.5, 0.6) is 0 Å². The van der Waals surface area contributed by atoms with Gasteiger partial charge in [-0.25, -0.2) is 4.90 Å². The van der Waals surface area contributed by atoms with Gasteiger partial charge in [0, 0.05) is 12.1 Å². The molecule has 158 valence electrons. The van der Waals surface area contributed by atoms with Crippen LogP contribution in [0.3, 0.4) is 0 Å². The Kier molecular flexibility index (Phi) is 4.55. The van der Waals surface area contributed by atoms with Gasteiger partial charge in [0.05, 0.1) is 22.0 Å². The van der Waals surface area contributed by atoms with E-state index < -0.39 is 16.9 Å². The fourth-order valence-corrected chi connectivity index (χ4v) is 4.15. The van der Waals surface area contributed by atoms with Gasteiger partial charge < -0.3 is 0 Å². The first kappa shape index (κ1) is 19.6. The quantitative estimate of drug-likeness (QED) is 0.360. The van der Waals surface area contributed by atoms with Crippen molar-refractivity contribution in [1.29, 1.82) is 0 Å². The number of hydrogen-bond acceptors (Lipinski definition) is 6. The Labute approximate surface area is 183 Å². The molecule has 3 aromatic rings. The zero-order valence-corrected chi connectivity index (χ0v) is 17.1. The summed E-state index contributed by atoms with van der Waals surface area (Å²) < 4.78 is 0. The lowest BCUT2D eigenvalue weighted by atomic mass is 9.92. The van der Waals surface area contributed by atoms with Crippen molar-refractivity contribution in [2.75, 3.05) is 9.91 Å². The maximum absolute atomic E-state index is 13.5. The molecule has 0 radical (unpaired) electrons.